The minimum atomic E-state index is -3.03. The van der Waals surface area contributed by atoms with Crippen LogP contribution in [0.1, 0.15) is 21.7 Å². The number of aryl methyl sites for hydroxylation is 1. The van der Waals surface area contributed by atoms with Crippen molar-refractivity contribution in [2.45, 2.75) is 12.2 Å². The van der Waals surface area contributed by atoms with E-state index in [1.165, 1.54) is 0 Å². The van der Waals surface area contributed by atoms with Crippen molar-refractivity contribution >= 4 is 16.1 Å². The predicted molar refractivity (Wildman–Crippen MR) is 49.8 cm³/mol. The number of hydrogen-bond donors (Lipinski definition) is 0. The van der Waals surface area contributed by atoms with E-state index >= 15 is 0 Å². The predicted octanol–water partition coefficient (Wildman–Crippen LogP) is -0.296. The highest BCUT2D eigenvalue weighted by atomic mass is 32.2. The summed E-state index contributed by atoms with van der Waals surface area (Å²) < 4.78 is 24.3. The van der Waals surface area contributed by atoms with Crippen LogP contribution in [0.2, 0.25) is 0 Å². The molecule has 6 heteroatoms. The summed E-state index contributed by atoms with van der Waals surface area (Å²) in [6.07, 6.45) is 1.06. The summed E-state index contributed by atoms with van der Waals surface area (Å²) in [7, 11) is -1.30. The van der Waals surface area contributed by atoms with E-state index in [-0.39, 0.29) is 17.2 Å². The second-order valence-corrected chi connectivity index (χ2v) is 5.58. The molecule has 1 aromatic rings. The number of aromatic nitrogens is 2. The van der Waals surface area contributed by atoms with Gasteiger partial charge in [0.25, 0.3) is 0 Å². The van der Waals surface area contributed by atoms with Crippen molar-refractivity contribution in [2.75, 3.05) is 5.75 Å². The van der Waals surface area contributed by atoms with Gasteiger partial charge in [0.1, 0.15) is 5.69 Å². The van der Waals surface area contributed by atoms with Crippen LogP contribution in [0.25, 0.3) is 0 Å². The second kappa shape index (κ2) is 2.91. The van der Waals surface area contributed by atoms with E-state index in [2.05, 4.69) is 5.10 Å². The van der Waals surface area contributed by atoms with Crippen molar-refractivity contribution in [2.24, 2.45) is 7.05 Å². The zero-order chi connectivity index (χ0) is 10.3. The Kier molecular flexibility index (Phi) is 1.95. The number of sulfone groups is 1. The maximum atomic E-state index is 11.3. The molecule has 0 N–H and O–H groups in total. The zero-order valence-electron chi connectivity index (χ0n) is 7.73. The maximum Gasteiger partial charge on any atom is 0.170 e. The van der Waals surface area contributed by atoms with E-state index < -0.39 is 9.84 Å². The van der Waals surface area contributed by atoms with Crippen LogP contribution in [0.15, 0.2) is 0 Å². The van der Waals surface area contributed by atoms with E-state index in [4.69, 9.17) is 0 Å². The third-order valence-electron chi connectivity index (χ3n) is 2.43. The van der Waals surface area contributed by atoms with Crippen LogP contribution in [0.5, 0.6) is 0 Å². The van der Waals surface area contributed by atoms with Gasteiger partial charge in [-0.3, -0.25) is 9.48 Å². The SMILES string of the molecule is Cn1nc(C=O)c2c1CCS(=O)(=O)C2. The summed E-state index contributed by atoms with van der Waals surface area (Å²) in [5.41, 5.74) is 1.70. The molecule has 0 unspecified atom stereocenters. The Balaban J connectivity index is 2.60. The molecule has 0 spiro atoms. The normalized spacial score (nSPS) is 18.9. The lowest BCUT2D eigenvalue weighted by Crippen LogP contribution is -2.20. The van der Waals surface area contributed by atoms with Crippen molar-refractivity contribution in [1.29, 1.82) is 0 Å². The van der Waals surface area contributed by atoms with E-state index in [1.807, 2.05) is 0 Å². The lowest BCUT2D eigenvalue weighted by Gasteiger charge is -2.12. The second-order valence-electron chi connectivity index (χ2n) is 3.39. The first-order valence-corrected chi connectivity index (χ1v) is 6.06. The molecule has 0 aliphatic carbocycles. The van der Waals surface area contributed by atoms with Gasteiger partial charge in [0, 0.05) is 24.7 Å². The maximum absolute atomic E-state index is 11.3. The van der Waals surface area contributed by atoms with Gasteiger partial charge in [-0.05, 0) is 0 Å². The van der Waals surface area contributed by atoms with Crippen LogP contribution in [0, 0.1) is 0 Å². The first kappa shape index (κ1) is 9.39. The van der Waals surface area contributed by atoms with E-state index in [0.29, 0.717) is 18.3 Å². The van der Waals surface area contributed by atoms with Crippen molar-refractivity contribution in [3.63, 3.8) is 0 Å². The Morgan fingerprint density at radius 1 is 1.50 bits per heavy atom. The Hall–Kier alpha value is -1.17. The van der Waals surface area contributed by atoms with Gasteiger partial charge in [0.15, 0.2) is 16.1 Å². The number of carbonyl (C=O) groups is 1. The average Bonchev–Trinajstić information content (AvgIpc) is 2.40. The summed E-state index contributed by atoms with van der Waals surface area (Å²) in [4.78, 5) is 10.6. The molecule has 0 saturated heterocycles. The fraction of sp³-hybridized carbons (Fsp3) is 0.500. The topological polar surface area (TPSA) is 69.0 Å². The largest absolute Gasteiger partial charge is 0.296 e. The minimum absolute atomic E-state index is 0.0513. The number of aldehydes is 1. The molecular weight excluding hydrogens is 204 g/mol. The van der Waals surface area contributed by atoms with Gasteiger partial charge < -0.3 is 0 Å². The lowest BCUT2D eigenvalue weighted by atomic mass is 10.2. The number of hydrogen-bond acceptors (Lipinski definition) is 4. The number of carbonyl (C=O) groups excluding carboxylic acids is 1. The van der Waals surface area contributed by atoms with Crippen molar-refractivity contribution in [3.05, 3.63) is 17.0 Å². The quantitative estimate of drug-likeness (QED) is 0.602. The van der Waals surface area contributed by atoms with Gasteiger partial charge in [0.05, 0.1) is 11.5 Å². The Labute approximate surface area is 81.6 Å². The first-order chi connectivity index (χ1) is 6.53. The Morgan fingerprint density at radius 2 is 2.21 bits per heavy atom. The molecule has 0 bridgehead atoms. The van der Waals surface area contributed by atoms with E-state index in [1.54, 1.807) is 11.7 Å². The van der Waals surface area contributed by atoms with Crippen molar-refractivity contribution in [3.8, 4) is 0 Å². The highest BCUT2D eigenvalue weighted by molar-refractivity contribution is 7.90. The van der Waals surface area contributed by atoms with Crippen LogP contribution in [-0.2, 0) is 29.1 Å². The van der Waals surface area contributed by atoms with Crippen LogP contribution >= 0.6 is 0 Å². The first-order valence-electron chi connectivity index (χ1n) is 4.24. The van der Waals surface area contributed by atoms with Gasteiger partial charge in [-0.1, -0.05) is 0 Å². The van der Waals surface area contributed by atoms with Crippen LogP contribution < -0.4 is 0 Å². The van der Waals surface area contributed by atoms with Gasteiger partial charge in [-0.2, -0.15) is 5.10 Å². The third kappa shape index (κ3) is 1.35. The Bertz CT molecular complexity index is 487. The lowest BCUT2D eigenvalue weighted by molar-refractivity contribution is 0.111. The molecule has 0 fully saturated rings. The third-order valence-corrected chi connectivity index (χ3v) is 3.99. The molecule has 0 radical (unpaired) electrons. The number of rotatable bonds is 1. The molecule has 5 nitrogen and oxygen atoms in total. The van der Waals surface area contributed by atoms with Crippen molar-refractivity contribution < 1.29 is 13.2 Å². The highest BCUT2D eigenvalue weighted by Gasteiger charge is 2.27. The summed E-state index contributed by atoms with van der Waals surface area (Å²) in [6, 6.07) is 0. The van der Waals surface area contributed by atoms with Gasteiger partial charge in [0.2, 0.25) is 0 Å². The van der Waals surface area contributed by atoms with E-state index in [0.717, 1.165) is 5.69 Å². The summed E-state index contributed by atoms with van der Waals surface area (Å²) >= 11 is 0. The molecule has 2 heterocycles. The van der Waals surface area contributed by atoms with Crippen LogP contribution in [-0.4, -0.2) is 30.2 Å². The molecule has 0 saturated carbocycles. The molecule has 1 aromatic heterocycles. The van der Waals surface area contributed by atoms with Crippen molar-refractivity contribution in [1.82, 2.24) is 9.78 Å². The molecule has 14 heavy (non-hydrogen) atoms. The molecule has 1 aliphatic heterocycles. The highest BCUT2D eigenvalue weighted by Crippen LogP contribution is 2.22. The molecular formula is C8H10N2O3S. The smallest absolute Gasteiger partial charge is 0.170 e. The van der Waals surface area contributed by atoms with Gasteiger partial charge >= 0.3 is 0 Å². The van der Waals surface area contributed by atoms with Gasteiger partial charge in [-0.15, -0.1) is 0 Å². The number of fused-ring (bicyclic) bond motifs is 1. The average molecular weight is 214 g/mol. The standard InChI is InChI=1S/C8H10N2O3S/c1-10-8-2-3-14(12,13)5-6(8)7(4-11)9-10/h4H,2-3,5H2,1H3. The summed E-state index contributed by atoms with van der Waals surface area (Å²) in [5.74, 6) is 0.0993. The summed E-state index contributed by atoms with van der Waals surface area (Å²) in [5, 5.41) is 3.96. The summed E-state index contributed by atoms with van der Waals surface area (Å²) in [6.45, 7) is 0. The molecule has 0 atom stereocenters. The van der Waals surface area contributed by atoms with E-state index in [9.17, 15) is 13.2 Å². The fourth-order valence-electron chi connectivity index (χ4n) is 1.73. The zero-order valence-corrected chi connectivity index (χ0v) is 8.54. The fourth-order valence-corrected chi connectivity index (χ4v) is 3.14. The molecule has 76 valence electrons. The van der Waals surface area contributed by atoms with Gasteiger partial charge in [-0.25, -0.2) is 8.42 Å². The molecule has 1 aliphatic rings. The monoisotopic (exact) mass is 214 g/mol. The molecule has 0 amide bonds. The van der Waals surface area contributed by atoms with Crippen LogP contribution in [0.4, 0.5) is 0 Å². The minimum Gasteiger partial charge on any atom is -0.296 e. The number of nitrogens with zero attached hydrogens (tertiary/aromatic N) is 2. The molecule has 0 aromatic carbocycles. The Morgan fingerprint density at radius 3 is 2.86 bits per heavy atom. The van der Waals surface area contributed by atoms with Crippen LogP contribution in [0.3, 0.4) is 0 Å². The molecule has 2 rings (SSSR count).